The van der Waals surface area contributed by atoms with Gasteiger partial charge in [-0.25, -0.2) is 9.97 Å². The van der Waals surface area contributed by atoms with Gasteiger partial charge in [-0.15, -0.1) is 0 Å². The average molecular weight is 332 g/mol. The van der Waals surface area contributed by atoms with Gasteiger partial charge < -0.3 is 15.1 Å². The summed E-state index contributed by atoms with van der Waals surface area (Å²) >= 11 is 3.25. The molecule has 0 unspecified atom stereocenters. The largest absolute Gasteiger partial charge is 0.394 e. The van der Waals surface area contributed by atoms with Gasteiger partial charge in [0, 0.05) is 25.7 Å². The van der Waals surface area contributed by atoms with Crippen molar-refractivity contribution in [1.29, 1.82) is 0 Å². The Kier molecular flexibility index (Phi) is 5.84. The maximum atomic E-state index is 12.2. The predicted octanol–water partition coefficient (Wildman–Crippen LogP) is 0.788. The number of aliphatic hydroxyl groups is 2. The van der Waals surface area contributed by atoms with Crippen LogP contribution in [0.4, 0.5) is 0 Å². The molecular formula is C12H18BrN3O3. The van der Waals surface area contributed by atoms with Crippen LogP contribution >= 0.6 is 15.9 Å². The van der Waals surface area contributed by atoms with Gasteiger partial charge in [-0.1, -0.05) is 13.8 Å². The first kappa shape index (κ1) is 16.0. The third-order valence-corrected chi connectivity index (χ3v) is 3.10. The third-order valence-electron chi connectivity index (χ3n) is 2.52. The van der Waals surface area contributed by atoms with Crippen LogP contribution < -0.4 is 0 Å². The van der Waals surface area contributed by atoms with Gasteiger partial charge in [0.05, 0.1) is 17.2 Å². The first-order chi connectivity index (χ1) is 8.86. The van der Waals surface area contributed by atoms with E-state index in [1.54, 1.807) is 13.2 Å². The maximum absolute atomic E-state index is 12.2. The summed E-state index contributed by atoms with van der Waals surface area (Å²) in [7, 11) is 1.55. The molecule has 1 heterocycles. The highest BCUT2D eigenvalue weighted by Crippen LogP contribution is 2.18. The van der Waals surface area contributed by atoms with Crippen LogP contribution in [0.5, 0.6) is 0 Å². The van der Waals surface area contributed by atoms with Gasteiger partial charge >= 0.3 is 0 Å². The molecule has 0 saturated heterocycles. The van der Waals surface area contributed by atoms with E-state index in [0.717, 1.165) is 0 Å². The summed E-state index contributed by atoms with van der Waals surface area (Å²) in [6.45, 7) is 3.54. The molecule has 1 aromatic rings. The van der Waals surface area contributed by atoms with Gasteiger partial charge in [0.25, 0.3) is 5.91 Å². The number of likely N-dealkylation sites (N-methyl/N-ethyl adjacent to an activating group) is 1. The van der Waals surface area contributed by atoms with E-state index in [-0.39, 0.29) is 30.7 Å². The molecule has 0 spiro atoms. The highest BCUT2D eigenvalue weighted by atomic mass is 79.9. The molecule has 0 saturated carbocycles. The highest BCUT2D eigenvalue weighted by Gasteiger charge is 2.20. The fraction of sp³-hybridized carbons (Fsp3) is 0.583. The molecule has 1 rings (SSSR count). The van der Waals surface area contributed by atoms with Gasteiger partial charge in [0.15, 0.2) is 0 Å². The number of rotatable bonds is 5. The molecule has 2 N–H and O–H groups in total. The molecule has 1 amide bonds. The SMILES string of the molecule is CC(C)c1ncc(Br)c(C(=O)N(C)C[C@H](O)CO)n1. The summed E-state index contributed by atoms with van der Waals surface area (Å²) in [5.74, 6) is 0.374. The van der Waals surface area contributed by atoms with Gasteiger partial charge in [-0.05, 0) is 15.9 Å². The smallest absolute Gasteiger partial charge is 0.273 e. The molecule has 0 radical (unpaired) electrons. The van der Waals surface area contributed by atoms with E-state index in [1.807, 2.05) is 13.8 Å². The van der Waals surface area contributed by atoms with Crippen molar-refractivity contribution in [1.82, 2.24) is 14.9 Å². The second kappa shape index (κ2) is 6.93. The third kappa shape index (κ3) is 4.22. The number of amides is 1. The lowest BCUT2D eigenvalue weighted by molar-refractivity contribution is 0.0515. The standard InChI is InChI=1S/C12H18BrN3O3/c1-7(2)11-14-4-9(13)10(15-11)12(19)16(3)5-8(18)6-17/h4,7-8,17-18H,5-6H2,1-3H3/t8-/m0/s1. The minimum absolute atomic E-state index is 0.0444. The monoisotopic (exact) mass is 331 g/mol. The van der Waals surface area contributed by atoms with E-state index in [1.165, 1.54) is 4.90 Å². The Balaban J connectivity index is 2.95. The van der Waals surface area contributed by atoms with Crippen LogP contribution in [0.25, 0.3) is 0 Å². The van der Waals surface area contributed by atoms with Crippen molar-refractivity contribution in [2.24, 2.45) is 0 Å². The molecule has 19 heavy (non-hydrogen) atoms. The Morgan fingerprint density at radius 2 is 2.16 bits per heavy atom. The van der Waals surface area contributed by atoms with Crippen LogP contribution in [0.1, 0.15) is 36.1 Å². The number of aromatic nitrogens is 2. The van der Waals surface area contributed by atoms with Crippen molar-refractivity contribution in [2.75, 3.05) is 20.2 Å². The van der Waals surface area contributed by atoms with Crippen LogP contribution in [0.2, 0.25) is 0 Å². The van der Waals surface area contributed by atoms with Gasteiger partial charge in [0.1, 0.15) is 11.5 Å². The second-order valence-electron chi connectivity index (χ2n) is 4.60. The number of nitrogens with zero attached hydrogens (tertiary/aromatic N) is 3. The molecular weight excluding hydrogens is 314 g/mol. The minimum Gasteiger partial charge on any atom is -0.394 e. The van der Waals surface area contributed by atoms with Crippen LogP contribution in [0.15, 0.2) is 10.7 Å². The Labute approximate surface area is 120 Å². The summed E-state index contributed by atoms with van der Waals surface area (Å²) in [4.78, 5) is 21.9. The van der Waals surface area contributed by atoms with Crippen molar-refractivity contribution in [3.63, 3.8) is 0 Å². The fourth-order valence-electron chi connectivity index (χ4n) is 1.45. The zero-order valence-electron chi connectivity index (χ0n) is 11.2. The van der Waals surface area contributed by atoms with Gasteiger partial charge in [0.2, 0.25) is 0 Å². The van der Waals surface area contributed by atoms with Crippen LogP contribution in [0.3, 0.4) is 0 Å². The first-order valence-corrected chi connectivity index (χ1v) is 6.73. The molecule has 0 bridgehead atoms. The Morgan fingerprint density at radius 1 is 1.53 bits per heavy atom. The predicted molar refractivity (Wildman–Crippen MR) is 73.9 cm³/mol. The number of hydrogen-bond acceptors (Lipinski definition) is 5. The van der Waals surface area contributed by atoms with Crippen LogP contribution in [-0.2, 0) is 0 Å². The van der Waals surface area contributed by atoms with Crippen molar-refractivity contribution < 1.29 is 15.0 Å². The van der Waals surface area contributed by atoms with E-state index in [2.05, 4.69) is 25.9 Å². The molecule has 0 aliphatic carbocycles. The summed E-state index contributed by atoms with van der Waals surface area (Å²) in [5.41, 5.74) is 0.256. The quantitative estimate of drug-likeness (QED) is 0.832. The molecule has 106 valence electrons. The number of halogens is 1. The van der Waals surface area contributed by atoms with Crippen LogP contribution in [-0.4, -0.2) is 57.3 Å². The van der Waals surface area contributed by atoms with E-state index in [9.17, 15) is 9.90 Å². The topological polar surface area (TPSA) is 86.6 Å². The molecule has 0 aliphatic rings. The Bertz CT molecular complexity index is 454. The molecule has 0 fully saturated rings. The van der Waals surface area contributed by atoms with Gasteiger partial charge in [-0.2, -0.15) is 0 Å². The summed E-state index contributed by atoms with van der Waals surface area (Å²) in [5, 5.41) is 18.1. The molecule has 1 aromatic heterocycles. The maximum Gasteiger partial charge on any atom is 0.273 e. The summed E-state index contributed by atoms with van der Waals surface area (Å²) in [6.07, 6.45) is 0.588. The average Bonchev–Trinajstić information content (AvgIpc) is 2.37. The molecule has 0 aliphatic heterocycles. The normalized spacial score (nSPS) is 12.6. The van der Waals surface area contributed by atoms with E-state index < -0.39 is 6.10 Å². The number of carbonyl (C=O) groups is 1. The van der Waals surface area contributed by atoms with Crippen molar-refractivity contribution >= 4 is 21.8 Å². The number of carbonyl (C=O) groups excluding carboxylic acids is 1. The molecule has 6 nitrogen and oxygen atoms in total. The Morgan fingerprint density at radius 3 is 2.68 bits per heavy atom. The van der Waals surface area contributed by atoms with E-state index in [4.69, 9.17) is 5.11 Å². The zero-order valence-corrected chi connectivity index (χ0v) is 12.8. The second-order valence-corrected chi connectivity index (χ2v) is 5.46. The van der Waals surface area contributed by atoms with Crippen molar-refractivity contribution in [3.05, 3.63) is 22.2 Å². The molecule has 7 heteroatoms. The van der Waals surface area contributed by atoms with Crippen LogP contribution in [0, 0.1) is 0 Å². The van der Waals surface area contributed by atoms with E-state index in [0.29, 0.717) is 10.3 Å². The van der Waals surface area contributed by atoms with Crippen molar-refractivity contribution in [2.45, 2.75) is 25.9 Å². The number of hydrogen-bond donors (Lipinski definition) is 2. The zero-order chi connectivity index (χ0) is 14.6. The first-order valence-electron chi connectivity index (χ1n) is 5.93. The van der Waals surface area contributed by atoms with Crippen molar-refractivity contribution in [3.8, 4) is 0 Å². The summed E-state index contributed by atoms with van der Waals surface area (Å²) in [6, 6.07) is 0. The lowest BCUT2D eigenvalue weighted by atomic mass is 10.2. The highest BCUT2D eigenvalue weighted by molar-refractivity contribution is 9.10. The minimum atomic E-state index is -0.959. The lowest BCUT2D eigenvalue weighted by Gasteiger charge is -2.20. The number of aliphatic hydroxyl groups excluding tert-OH is 2. The molecule has 0 aromatic carbocycles. The lowest BCUT2D eigenvalue weighted by Crippen LogP contribution is -2.36. The van der Waals surface area contributed by atoms with Gasteiger partial charge in [-0.3, -0.25) is 4.79 Å². The fourth-order valence-corrected chi connectivity index (χ4v) is 1.81. The van der Waals surface area contributed by atoms with E-state index >= 15 is 0 Å². The molecule has 1 atom stereocenters. The summed E-state index contributed by atoms with van der Waals surface area (Å²) < 4.78 is 0.507. The Hall–Kier alpha value is -1.05.